The molecule has 0 aromatic heterocycles. The predicted molar refractivity (Wildman–Crippen MR) is 117 cm³/mol. The van der Waals surface area contributed by atoms with Crippen molar-refractivity contribution in [3.63, 3.8) is 0 Å². The van der Waals surface area contributed by atoms with Crippen LogP contribution in [-0.2, 0) is 27.1 Å². The highest BCUT2D eigenvalue weighted by Gasteiger charge is 2.30. The third-order valence-electron chi connectivity index (χ3n) is 5.41. The lowest BCUT2D eigenvalue weighted by molar-refractivity contribution is -0.126. The standard InChI is InChI=1S/C22H29N3O4S/c1-18(22(26)23-16-19-8-10-21(29-2)11-9-19)24-12-14-25(15-13-24)30(27,28)17-20-6-4-3-5-7-20/h3-11,18H,12-17H2,1-2H3,(H,23,26)/t18-/m0/s1. The van der Waals surface area contributed by atoms with Crippen molar-refractivity contribution >= 4 is 15.9 Å². The highest BCUT2D eigenvalue weighted by atomic mass is 32.2. The molecule has 1 aliphatic heterocycles. The minimum Gasteiger partial charge on any atom is -0.497 e. The summed E-state index contributed by atoms with van der Waals surface area (Å²) in [4.78, 5) is 14.6. The van der Waals surface area contributed by atoms with Crippen LogP contribution in [0.3, 0.4) is 0 Å². The van der Waals surface area contributed by atoms with Gasteiger partial charge in [-0.15, -0.1) is 0 Å². The van der Waals surface area contributed by atoms with E-state index < -0.39 is 10.0 Å². The summed E-state index contributed by atoms with van der Waals surface area (Å²) in [7, 11) is -1.75. The Balaban J connectivity index is 1.48. The molecular formula is C22H29N3O4S. The van der Waals surface area contributed by atoms with Crippen LogP contribution in [0, 0.1) is 0 Å². The number of rotatable bonds is 8. The van der Waals surface area contributed by atoms with Crippen LogP contribution >= 0.6 is 0 Å². The minimum atomic E-state index is -3.36. The molecule has 30 heavy (non-hydrogen) atoms. The van der Waals surface area contributed by atoms with Crippen LogP contribution in [-0.4, -0.2) is 62.9 Å². The van der Waals surface area contributed by atoms with Crippen molar-refractivity contribution < 1.29 is 17.9 Å². The molecule has 1 heterocycles. The van der Waals surface area contributed by atoms with Crippen molar-refractivity contribution in [3.05, 3.63) is 65.7 Å². The fourth-order valence-electron chi connectivity index (χ4n) is 3.49. The van der Waals surface area contributed by atoms with E-state index in [4.69, 9.17) is 4.74 Å². The smallest absolute Gasteiger partial charge is 0.237 e. The van der Waals surface area contributed by atoms with Gasteiger partial charge in [-0.2, -0.15) is 4.31 Å². The normalized spacial score (nSPS) is 16.7. The second-order valence-electron chi connectivity index (χ2n) is 7.42. The molecule has 1 aliphatic rings. The van der Waals surface area contributed by atoms with Crippen molar-refractivity contribution in [1.29, 1.82) is 0 Å². The number of nitrogens with zero attached hydrogens (tertiary/aromatic N) is 2. The van der Waals surface area contributed by atoms with Crippen LogP contribution in [0.1, 0.15) is 18.1 Å². The van der Waals surface area contributed by atoms with Gasteiger partial charge in [-0.25, -0.2) is 8.42 Å². The zero-order valence-corrected chi connectivity index (χ0v) is 18.3. The van der Waals surface area contributed by atoms with Crippen LogP contribution in [0.2, 0.25) is 0 Å². The van der Waals surface area contributed by atoms with Crippen molar-refractivity contribution in [2.24, 2.45) is 0 Å². The molecule has 1 amide bonds. The van der Waals surface area contributed by atoms with Gasteiger partial charge in [0.25, 0.3) is 0 Å². The molecule has 2 aromatic rings. The number of hydrogen-bond donors (Lipinski definition) is 1. The Hall–Kier alpha value is -2.42. The molecule has 1 atom stereocenters. The van der Waals surface area contributed by atoms with E-state index in [0.29, 0.717) is 32.7 Å². The lowest BCUT2D eigenvalue weighted by Gasteiger charge is -2.36. The Kier molecular flexibility index (Phi) is 7.47. The number of carbonyl (C=O) groups is 1. The van der Waals surface area contributed by atoms with Gasteiger partial charge in [0.05, 0.1) is 18.9 Å². The maximum Gasteiger partial charge on any atom is 0.237 e. The highest BCUT2D eigenvalue weighted by molar-refractivity contribution is 7.88. The number of carbonyl (C=O) groups excluding carboxylic acids is 1. The van der Waals surface area contributed by atoms with E-state index in [1.807, 2.05) is 66.4 Å². The topological polar surface area (TPSA) is 79.0 Å². The average Bonchev–Trinajstić information content (AvgIpc) is 2.77. The van der Waals surface area contributed by atoms with Gasteiger partial charge in [-0.1, -0.05) is 42.5 Å². The highest BCUT2D eigenvalue weighted by Crippen LogP contribution is 2.15. The van der Waals surface area contributed by atoms with E-state index in [2.05, 4.69) is 5.32 Å². The lowest BCUT2D eigenvalue weighted by atomic mass is 10.2. The van der Waals surface area contributed by atoms with E-state index in [-0.39, 0.29) is 17.7 Å². The van der Waals surface area contributed by atoms with E-state index in [9.17, 15) is 13.2 Å². The number of benzene rings is 2. The molecule has 7 nitrogen and oxygen atoms in total. The average molecular weight is 432 g/mol. The summed E-state index contributed by atoms with van der Waals surface area (Å²) in [6, 6.07) is 16.4. The van der Waals surface area contributed by atoms with E-state index >= 15 is 0 Å². The van der Waals surface area contributed by atoms with Crippen molar-refractivity contribution in [3.8, 4) is 5.75 Å². The third kappa shape index (κ3) is 5.81. The first-order valence-electron chi connectivity index (χ1n) is 10.1. The summed E-state index contributed by atoms with van der Waals surface area (Å²) in [6.45, 7) is 4.16. The number of sulfonamides is 1. The van der Waals surface area contributed by atoms with Crippen LogP contribution in [0.15, 0.2) is 54.6 Å². The van der Waals surface area contributed by atoms with Gasteiger partial charge in [0, 0.05) is 32.7 Å². The summed E-state index contributed by atoms with van der Waals surface area (Å²) in [5.41, 5.74) is 1.78. The van der Waals surface area contributed by atoms with E-state index in [1.54, 1.807) is 7.11 Å². The van der Waals surface area contributed by atoms with Crippen molar-refractivity contribution in [1.82, 2.24) is 14.5 Å². The molecule has 162 valence electrons. The van der Waals surface area contributed by atoms with Crippen molar-refractivity contribution in [2.45, 2.75) is 25.3 Å². The molecule has 0 aliphatic carbocycles. The van der Waals surface area contributed by atoms with Crippen LogP contribution in [0.4, 0.5) is 0 Å². The Bertz CT molecular complexity index is 925. The van der Waals surface area contributed by atoms with Crippen molar-refractivity contribution in [2.75, 3.05) is 33.3 Å². The van der Waals surface area contributed by atoms with Crippen LogP contribution < -0.4 is 10.1 Å². The summed E-state index contributed by atoms with van der Waals surface area (Å²) < 4.78 is 32.0. The quantitative estimate of drug-likeness (QED) is 0.690. The number of piperazine rings is 1. The fraction of sp³-hybridized carbons (Fsp3) is 0.409. The van der Waals surface area contributed by atoms with Gasteiger partial charge < -0.3 is 10.1 Å². The maximum atomic E-state index is 12.7. The summed E-state index contributed by atoms with van der Waals surface area (Å²) in [5, 5.41) is 2.95. The molecular weight excluding hydrogens is 402 g/mol. The Morgan fingerprint density at radius 1 is 1.00 bits per heavy atom. The number of ether oxygens (including phenoxy) is 1. The van der Waals surface area contributed by atoms with Crippen LogP contribution in [0.25, 0.3) is 0 Å². The summed E-state index contributed by atoms with van der Waals surface area (Å²) >= 11 is 0. The fourth-order valence-corrected chi connectivity index (χ4v) is 5.01. The first-order valence-corrected chi connectivity index (χ1v) is 11.7. The second kappa shape index (κ2) is 10.1. The number of methoxy groups -OCH3 is 1. The molecule has 1 saturated heterocycles. The van der Waals surface area contributed by atoms with Gasteiger partial charge in [-0.3, -0.25) is 9.69 Å². The number of amides is 1. The van der Waals surface area contributed by atoms with Gasteiger partial charge in [0.15, 0.2) is 0 Å². The molecule has 0 bridgehead atoms. The first kappa shape index (κ1) is 22.3. The van der Waals surface area contributed by atoms with E-state index in [0.717, 1.165) is 16.9 Å². The number of nitrogens with one attached hydrogen (secondary N) is 1. The minimum absolute atomic E-state index is 0.00570. The second-order valence-corrected chi connectivity index (χ2v) is 9.39. The van der Waals surface area contributed by atoms with Gasteiger partial charge in [-0.05, 0) is 30.2 Å². The predicted octanol–water partition coefficient (Wildman–Crippen LogP) is 1.85. The molecule has 3 rings (SSSR count). The monoisotopic (exact) mass is 431 g/mol. The maximum absolute atomic E-state index is 12.7. The Morgan fingerprint density at radius 2 is 1.63 bits per heavy atom. The molecule has 8 heteroatoms. The zero-order valence-electron chi connectivity index (χ0n) is 17.5. The van der Waals surface area contributed by atoms with Gasteiger partial charge in [0.1, 0.15) is 5.75 Å². The Morgan fingerprint density at radius 3 is 2.23 bits per heavy atom. The largest absolute Gasteiger partial charge is 0.497 e. The SMILES string of the molecule is COc1ccc(CNC(=O)[C@H](C)N2CCN(S(=O)(=O)Cc3ccccc3)CC2)cc1. The molecule has 0 saturated carbocycles. The molecule has 0 radical (unpaired) electrons. The first-order chi connectivity index (χ1) is 14.4. The molecule has 0 unspecified atom stereocenters. The lowest BCUT2D eigenvalue weighted by Crippen LogP contribution is -2.54. The van der Waals surface area contributed by atoms with E-state index in [1.165, 1.54) is 4.31 Å². The Labute approximate surface area is 178 Å². The van der Waals surface area contributed by atoms with Gasteiger partial charge in [0.2, 0.25) is 15.9 Å². The summed E-state index contributed by atoms with van der Waals surface area (Å²) in [5.74, 6) is 0.719. The van der Waals surface area contributed by atoms with Crippen LogP contribution in [0.5, 0.6) is 5.75 Å². The summed E-state index contributed by atoms with van der Waals surface area (Å²) in [6.07, 6.45) is 0. The molecule has 1 fully saturated rings. The zero-order chi connectivity index (χ0) is 21.6. The number of hydrogen-bond acceptors (Lipinski definition) is 5. The third-order valence-corrected chi connectivity index (χ3v) is 7.26. The van der Waals surface area contributed by atoms with Gasteiger partial charge >= 0.3 is 0 Å². The molecule has 2 aromatic carbocycles. The molecule has 0 spiro atoms. The molecule has 1 N–H and O–H groups in total.